The van der Waals surface area contributed by atoms with Crippen LogP contribution in [0.5, 0.6) is 5.75 Å². The molecule has 124 valence electrons. The lowest BCUT2D eigenvalue weighted by atomic mass is 10.1. The van der Waals surface area contributed by atoms with Crippen LogP contribution in [0.3, 0.4) is 0 Å². The first kappa shape index (κ1) is 16.0. The molecule has 2 saturated heterocycles. The van der Waals surface area contributed by atoms with Crippen molar-refractivity contribution in [2.24, 2.45) is 5.92 Å². The van der Waals surface area contributed by atoms with E-state index in [4.69, 9.17) is 9.47 Å². The van der Waals surface area contributed by atoms with Crippen LogP contribution in [-0.4, -0.2) is 61.7 Å². The number of hydrogen-bond acceptors (Lipinski definition) is 4. The summed E-state index contributed by atoms with van der Waals surface area (Å²) >= 11 is 0. The zero-order chi connectivity index (χ0) is 16.2. The molecule has 0 aliphatic carbocycles. The normalized spacial score (nSPS) is 25.1. The third-order valence-electron chi connectivity index (χ3n) is 4.54. The van der Waals surface area contributed by atoms with Crippen LogP contribution < -0.4 is 4.74 Å². The molecule has 0 unspecified atom stereocenters. The molecule has 2 aliphatic heterocycles. The Balaban J connectivity index is 1.76. The summed E-state index contributed by atoms with van der Waals surface area (Å²) in [5.74, 6) is 1.01. The van der Waals surface area contributed by atoms with Crippen LogP contribution in [0, 0.1) is 5.92 Å². The minimum Gasteiger partial charge on any atom is -0.489 e. The number of carbonyl (C=O) groups is 1. The Morgan fingerprint density at radius 3 is 3.00 bits per heavy atom. The number of para-hydroxylation sites is 1. The highest BCUT2D eigenvalue weighted by Gasteiger charge is 2.37. The van der Waals surface area contributed by atoms with E-state index >= 15 is 0 Å². The van der Waals surface area contributed by atoms with E-state index in [0.29, 0.717) is 19.8 Å². The Morgan fingerprint density at radius 2 is 2.17 bits per heavy atom. The lowest BCUT2D eigenvalue weighted by Gasteiger charge is -2.29. The van der Waals surface area contributed by atoms with E-state index in [1.165, 1.54) is 0 Å². The van der Waals surface area contributed by atoms with Gasteiger partial charge in [0.1, 0.15) is 12.4 Å². The largest absolute Gasteiger partial charge is 0.489 e. The molecule has 0 aromatic heterocycles. The maximum absolute atomic E-state index is 12.4. The number of hydrogen-bond donors (Lipinski definition) is 0. The van der Waals surface area contributed by atoms with Crippen molar-refractivity contribution < 1.29 is 14.3 Å². The number of benzene rings is 1. The van der Waals surface area contributed by atoms with Crippen LogP contribution in [0.15, 0.2) is 36.9 Å². The number of fused-ring (bicyclic) bond motifs is 3. The average Bonchev–Trinajstić information content (AvgIpc) is 2.73. The van der Waals surface area contributed by atoms with E-state index in [0.717, 1.165) is 30.9 Å². The van der Waals surface area contributed by atoms with Gasteiger partial charge < -0.3 is 14.4 Å². The molecule has 0 radical (unpaired) electrons. The third kappa shape index (κ3) is 3.57. The average molecular weight is 316 g/mol. The summed E-state index contributed by atoms with van der Waals surface area (Å²) in [6.45, 7) is 7.67. The van der Waals surface area contributed by atoms with Gasteiger partial charge in [-0.3, -0.25) is 9.69 Å². The van der Waals surface area contributed by atoms with Crippen molar-refractivity contribution in [1.29, 1.82) is 0 Å². The minimum atomic E-state index is -0.0752. The third-order valence-corrected chi connectivity index (χ3v) is 4.54. The number of nitrogens with zero attached hydrogens (tertiary/aromatic N) is 2. The maximum atomic E-state index is 12.4. The van der Waals surface area contributed by atoms with Gasteiger partial charge in [-0.15, -0.1) is 0 Å². The zero-order valence-electron chi connectivity index (χ0n) is 13.6. The monoisotopic (exact) mass is 316 g/mol. The fourth-order valence-electron chi connectivity index (χ4n) is 3.28. The number of rotatable bonds is 5. The van der Waals surface area contributed by atoms with Crippen molar-refractivity contribution in [3.8, 4) is 5.75 Å². The second kappa shape index (κ2) is 7.15. The molecule has 0 saturated carbocycles. The highest BCUT2D eigenvalue weighted by Crippen LogP contribution is 2.24. The summed E-state index contributed by atoms with van der Waals surface area (Å²) in [6.07, 6.45) is 1.75. The number of amides is 1. The van der Waals surface area contributed by atoms with E-state index in [-0.39, 0.29) is 17.9 Å². The summed E-state index contributed by atoms with van der Waals surface area (Å²) in [5.41, 5.74) is 1.14. The van der Waals surface area contributed by atoms with Gasteiger partial charge in [-0.2, -0.15) is 0 Å². The molecule has 2 heterocycles. The zero-order valence-corrected chi connectivity index (χ0v) is 13.6. The fourth-order valence-corrected chi connectivity index (χ4v) is 3.28. The lowest BCUT2D eigenvalue weighted by molar-refractivity contribution is -0.133. The highest BCUT2D eigenvalue weighted by molar-refractivity contribution is 5.79. The molecular formula is C18H24N2O3. The van der Waals surface area contributed by atoms with Crippen LogP contribution in [0.1, 0.15) is 5.56 Å². The highest BCUT2D eigenvalue weighted by atomic mass is 16.5. The first-order valence-electron chi connectivity index (χ1n) is 8.07. The number of carbonyl (C=O) groups excluding carboxylic acids is 1. The molecule has 1 aromatic carbocycles. The van der Waals surface area contributed by atoms with Crippen LogP contribution >= 0.6 is 0 Å². The summed E-state index contributed by atoms with van der Waals surface area (Å²) in [7, 11) is 1.89. The lowest BCUT2D eigenvalue weighted by Crippen LogP contribution is -2.42. The van der Waals surface area contributed by atoms with Gasteiger partial charge in [0.25, 0.3) is 0 Å². The van der Waals surface area contributed by atoms with Crippen molar-refractivity contribution >= 4 is 5.91 Å². The fraction of sp³-hybridized carbons (Fsp3) is 0.500. The summed E-state index contributed by atoms with van der Waals surface area (Å²) < 4.78 is 11.4. The van der Waals surface area contributed by atoms with Gasteiger partial charge in [0.2, 0.25) is 5.91 Å². The Kier molecular flexibility index (Phi) is 4.98. The van der Waals surface area contributed by atoms with Gasteiger partial charge in [-0.1, -0.05) is 30.9 Å². The predicted molar refractivity (Wildman–Crippen MR) is 88.3 cm³/mol. The molecule has 23 heavy (non-hydrogen) atoms. The first-order chi connectivity index (χ1) is 11.2. The molecule has 5 nitrogen and oxygen atoms in total. The molecule has 2 bridgehead atoms. The second-order valence-electron chi connectivity index (χ2n) is 6.24. The van der Waals surface area contributed by atoms with Gasteiger partial charge >= 0.3 is 0 Å². The van der Waals surface area contributed by atoms with Crippen molar-refractivity contribution in [2.75, 3.05) is 40.0 Å². The molecule has 2 atom stereocenters. The Bertz CT molecular complexity index is 575. The molecule has 2 aliphatic rings. The van der Waals surface area contributed by atoms with Gasteiger partial charge in [0, 0.05) is 32.2 Å². The second-order valence-corrected chi connectivity index (χ2v) is 6.24. The Morgan fingerprint density at radius 1 is 1.35 bits per heavy atom. The molecule has 1 aromatic rings. The van der Waals surface area contributed by atoms with Gasteiger partial charge in [-0.05, 0) is 6.07 Å². The number of ether oxygens (including phenoxy) is 2. The first-order valence-corrected chi connectivity index (χ1v) is 8.07. The molecular weight excluding hydrogens is 292 g/mol. The van der Waals surface area contributed by atoms with Crippen LogP contribution in [-0.2, 0) is 16.1 Å². The molecule has 1 amide bonds. The summed E-state index contributed by atoms with van der Waals surface area (Å²) in [4.78, 5) is 16.6. The molecule has 2 fully saturated rings. The van der Waals surface area contributed by atoms with Crippen molar-refractivity contribution in [3.05, 3.63) is 42.5 Å². The SMILES string of the molecule is C=CCOc1ccccc1CN1C[C@@H]2COC[C@H](C1)N(C)C2=O. The van der Waals surface area contributed by atoms with E-state index in [9.17, 15) is 4.79 Å². The topological polar surface area (TPSA) is 42.0 Å². The van der Waals surface area contributed by atoms with Crippen molar-refractivity contribution in [1.82, 2.24) is 9.80 Å². The standard InChI is InChI=1S/C18H24N2O3/c1-3-8-23-17-7-5-4-6-14(17)9-20-10-15-12-22-13-16(11-20)19(2)18(15)21/h3-7,15-16H,1,8-13H2,2H3/t15-,16+/m1/s1. The van der Waals surface area contributed by atoms with E-state index < -0.39 is 0 Å². The number of likely N-dealkylation sites (N-methyl/N-ethyl adjacent to an activating group) is 1. The molecule has 3 rings (SSSR count). The molecule has 0 N–H and O–H groups in total. The quantitative estimate of drug-likeness (QED) is 0.773. The molecule has 5 heteroatoms. The van der Waals surface area contributed by atoms with Crippen LogP contribution in [0.4, 0.5) is 0 Å². The van der Waals surface area contributed by atoms with Gasteiger partial charge in [0.15, 0.2) is 0 Å². The minimum absolute atomic E-state index is 0.0752. The predicted octanol–water partition coefficient (Wildman–Crippen LogP) is 1.54. The molecule has 0 spiro atoms. The smallest absolute Gasteiger partial charge is 0.229 e. The van der Waals surface area contributed by atoms with Crippen LogP contribution in [0.25, 0.3) is 0 Å². The van der Waals surface area contributed by atoms with Gasteiger partial charge in [0.05, 0.1) is 25.2 Å². The van der Waals surface area contributed by atoms with Crippen molar-refractivity contribution in [2.45, 2.75) is 12.6 Å². The van der Waals surface area contributed by atoms with E-state index in [2.05, 4.69) is 17.5 Å². The Labute approximate surface area is 137 Å². The van der Waals surface area contributed by atoms with Crippen LogP contribution in [0.2, 0.25) is 0 Å². The summed E-state index contributed by atoms with van der Waals surface area (Å²) in [6, 6.07) is 8.19. The summed E-state index contributed by atoms with van der Waals surface area (Å²) in [5, 5.41) is 0. The maximum Gasteiger partial charge on any atom is 0.229 e. The van der Waals surface area contributed by atoms with Crippen molar-refractivity contribution in [3.63, 3.8) is 0 Å². The van der Waals surface area contributed by atoms with E-state index in [1.807, 2.05) is 30.1 Å². The Hall–Kier alpha value is -1.85. The van der Waals surface area contributed by atoms with Gasteiger partial charge in [-0.25, -0.2) is 0 Å². The van der Waals surface area contributed by atoms with E-state index in [1.54, 1.807) is 6.08 Å².